The summed E-state index contributed by atoms with van der Waals surface area (Å²) in [5, 5.41) is 12.3. The summed E-state index contributed by atoms with van der Waals surface area (Å²) in [6.45, 7) is 8.13. The smallest absolute Gasteiger partial charge is 0.283 e. The van der Waals surface area contributed by atoms with Gasteiger partial charge in [-0.2, -0.15) is 0 Å². The number of piperidine rings is 1. The molecule has 4 fully saturated rings. The van der Waals surface area contributed by atoms with Gasteiger partial charge in [0.25, 0.3) is 11.8 Å². The number of H-pyrrole nitrogens is 1. The second kappa shape index (κ2) is 16.2. The van der Waals surface area contributed by atoms with E-state index in [-0.39, 0.29) is 36.2 Å². The van der Waals surface area contributed by atoms with E-state index in [0.717, 1.165) is 85.8 Å². The Hall–Kier alpha value is -5.19. The van der Waals surface area contributed by atoms with E-state index in [1.54, 1.807) is 9.80 Å². The number of fused-ring (bicyclic) bond motifs is 8. The van der Waals surface area contributed by atoms with Crippen molar-refractivity contribution in [2.24, 2.45) is 11.3 Å². The van der Waals surface area contributed by atoms with Gasteiger partial charge in [-0.3, -0.25) is 29.5 Å². The number of alkyl halides is 2. The molecule has 1 spiro atoms. The molecule has 3 saturated heterocycles. The number of imide groups is 1. The first-order chi connectivity index (χ1) is 30.0. The monoisotopic (exact) mass is 851 g/mol. The van der Waals surface area contributed by atoms with Crippen molar-refractivity contribution in [2.75, 3.05) is 68.8 Å². The van der Waals surface area contributed by atoms with E-state index in [1.165, 1.54) is 36.6 Å². The first kappa shape index (κ1) is 40.9. The van der Waals surface area contributed by atoms with Crippen molar-refractivity contribution in [3.05, 3.63) is 77.2 Å². The molecule has 0 bridgehead atoms. The lowest BCUT2D eigenvalue weighted by molar-refractivity contribution is -0.136. The van der Waals surface area contributed by atoms with E-state index < -0.39 is 25.1 Å². The molecule has 3 amide bonds. The van der Waals surface area contributed by atoms with Crippen LogP contribution in [0.2, 0.25) is 0 Å². The number of aliphatic hydroxyl groups excluding tert-OH is 1. The van der Waals surface area contributed by atoms with Crippen molar-refractivity contribution in [1.82, 2.24) is 35.0 Å². The van der Waals surface area contributed by atoms with Crippen LogP contribution in [0.3, 0.4) is 0 Å². The summed E-state index contributed by atoms with van der Waals surface area (Å²) < 4.78 is 33.2. The third-order valence-electron chi connectivity index (χ3n) is 14.6. The van der Waals surface area contributed by atoms with Crippen LogP contribution in [0, 0.1) is 11.3 Å². The molecule has 2 aromatic carbocycles. The Morgan fingerprint density at radius 2 is 1.74 bits per heavy atom. The molecule has 62 heavy (non-hydrogen) atoms. The highest BCUT2D eigenvalue weighted by Crippen LogP contribution is 2.47. The maximum absolute atomic E-state index is 13.4. The number of para-hydroxylation sites is 1. The predicted octanol–water partition coefficient (Wildman–Crippen LogP) is 4.36. The highest BCUT2D eigenvalue weighted by Gasteiger charge is 2.47. The van der Waals surface area contributed by atoms with E-state index in [2.05, 4.69) is 41.0 Å². The molecule has 8 heterocycles. The lowest BCUT2D eigenvalue weighted by atomic mass is 9.66. The highest BCUT2D eigenvalue weighted by molar-refractivity contribution is 6.06. The van der Waals surface area contributed by atoms with E-state index >= 15 is 0 Å². The van der Waals surface area contributed by atoms with Gasteiger partial charge in [0.15, 0.2) is 0 Å². The number of anilines is 2. The van der Waals surface area contributed by atoms with Crippen LogP contribution in [0.15, 0.2) is 54.9 Å². The van der Waals surface area contributed by atoms with Gasteiger partial charge >= 0.3 is 0 Å². The number of amides is 3. The Kier molecular flexibility index (Phi) is 10.7. The largest absolute Gasteiger partial charge is 0.489 e. The van der Waals surface area contributed by atoms with Gasteiger partial charge < -0.3 is 29.5 Å². The van der Waals surface area contributed by atoms with Crippen LogP contribution in [0.5, 0.6) is 5.75 Å². The molecule has 1 aliphatic carbocycles. The van der Waals surface area contributed by atoms with Crippen molar-refractivity contribution in [3.63, 3.8) is 0 Å². The molecular weight excluding hydrogens is 797 g/mol. The van der Waals surface area contributed by atoms with Crippen LogP contribution >= 0.6 is 0 Å². The molecule has 16 heteroatoms. The fraction of sp³-hybridized carbons (Fsp3) is 0.543. The van der Waals surface area contributed by atoms with Crippen LogP contribution in [0.1, 0.15) is 72.6 Å². The molecular formula is C46H55F2N9O5. The van der Waals surface area contributed by atoms with Crippen LogP contribution in [0.25, 0.3) is 10.9 Å². The molecule has 3 unspecified atom stereocenters. The van der Waals surface area contributed by atoms with Gasteiger partial charge in [-0.05, 0) is 81.2 Å². The topological polar surface area (TPSA) is 150 Å². The second-order valence-electron chi connectivity index (χ2n) is 18.7. The number of ether oxygens (including phenoxy) is 1. The quantitative estimate of drug-likeness (QED) is 0.228. The van der Waals surface area contributed by atoms with E-state index in [1.807, 2.05) is 55.7 Å². The average Bonchev–Trinajstić information content (AvgIpc) is 3.80. The zero-order valence-electron chi connectivity index (χ0n) is 35.2. The molecule has 11 rings (SSSR count). The maximum Gasteiger partial charge on any atom is 0.283 e. The van der Waals surface area contributed by atoms with Gasteiger partial charge in [-0.1, -0.05) is 18.2 Å². The van der Waals surface area contributed by atoms with Crippen LogP contribution in [0.4, 0.5) is 20.4 Å². The second-order valence-corrected chi connectivity index (χ2v) is 18.7. The molecule has 7 aliphatic rings. The number of benzene rings is 2. The Bertz CT molecular complexity index is 2350. The third-order valence-corrected chi connectivity index (χ3v) is 14.6. The summed E-state index contributed by atoms with van der Waals surface area (Å²) in [5.74, 6) is -1.47. The Labute approximate surface area is 359 Å². The van der Waals surface area contributed by atoms with Crippen molar-refractivity contribution in [3.8, 4) is 5.75 Å². The summed E-state index contributed by atoms with van der Waals surface area (Å²) in [7, 11) is 0. The van der Waals surface area contributed by atoms with Gasteiger partial charge in [0, 0.05) is 104 Å². The molecule has 2 aromatic heterocycles. The summed E-state index contributed by atoms with van der Waals surface area (Å²) in [5.41, 5.74) is 6.28. The number of piperazine rings is 1. The van der Waals surface area contributed by atoms with Crippen molar-refractivity contribution in [2.45, 2.75) is 89.0 Å². The average molecular weight is 852 g/mol. The number of carbonyl (C=O) groups is 3. The van der Waals surface area contributed by atoms with Gasteiger partial charge in [0.2, 0.25) is 17.8 Å². The van der Waals surface area contributed by atoms with E-state index in [4.69, 9.17) is 9.84 Å². The van der Waals surface area contributed by atoms with Gasteiger partial charge in [0.05, 0.1) is 24.8 Å². The number of nitrogens with zero attached hydrogens (tertiary/aromatic N) is 7. The maximum atomic E-state index is 13.4. The summed E-state index contributed by atoms with van der Waals surface area (Å²) in [6.07, 6.45) is 10.2. The third kappa shape index (κ3) is 7.67. The minimum absolute atomic E-state index is 0.0409. The van der Waals surface area contributed by atoms with Crippen molar-refractivity contribution < 1.29 is 33.0 Å². The molecule has 3 N–H and O–H groups in total. The fourth-order valence-electron chi connectivity index (χ4n) is 11.2. The number of aliphatic hydroxyl groups is 1. The number of hydrogen-bond acceptors (Lipinski definition) is 11. The summed E-state index contributed by atoms with van der Waals surface area (Å²) in [4.78, 5) is 60.2. The summed E-state index contributed by atoms with van der Waals surface area (Å²) >= 11 is 0. The zero-order valence-corrected chi connectivity index (χ0v) is 35.2. The lowest BCUT2D eigenvalue weighted by Gasteiger charge is -2.54. The number of hydrogen-bond donors (Lipinski definition) is 3. The normalized spacial score (nSPS) is 25.0. The molecule has 6 aliphatic heterocycles. The predicted molar refractivity (Wildman–Crippen MR) is 228 cm³/mol. The van der Waals surface area contributed by atoms with Gasteiger partial charge in [0.1, 0.15) is 25.0 Å². The first-order valence-electron chi connectivity index (χ1n) is 22.2. The number of carbonyl (C=O) groups excluding carboxylic acids is 3. The number of halogens is 2. The van der Waals surface area contributed by atoms with E-state index in [9.17, 15) is 23.2 Å². The molecule has 3 atom stereocenters. The molecule has 1 saturated carbocycles. The van der Waals surface area contributed by atoms with Crippen LogP contribution < -0.4 is 19.9 Å². The van der Waals surface area contributed by atoms with Gasteiger partial charge in [-0.15, -0.1) is 0 Å². The zero-order chi connectivity index (χ0) is 42.8. The Morgan fingerprint density at radius 3 is 2.52 bits per heavy atom. The summed E-state index contributed by atoms with van der Waals surface area (Å²) in [6, 6.07) is 13.5. The minimum Gasteiger partial charge on any atom is -0.489 e. The number of aromatic nitrogens is 3. The SMILES string of the molecule is CC1Cc2c([nH]c3ccccc23)CN1CC(F)(F)CO.O=C1CCC(N2Cc3c(ccc4c3OCC3CN(CC5CCC6(CC5)CN(c5ncccn5)C6)CCN43)C2=O)C(=O)N1. The molecule has 14 nitrogen and oxygen atoms in total. The number of nitrogens with one attached hydrogen (secondary N) is 2. The minimum atomic E-state index is -3.04. The van der Waals surface area contributed by atoms with Crippen molar-refractivity contribution in [1.29, 1.82) is 0 Å². The number of aromatic amines is 1. The molecule has 4 aromatic rings. The van der Waals surface area contributed by atoms with Gasteiger partial charge in [-0.25, -0.2) is 18.7 Å². The lowest BCUT2D eigenvalue weighted by Crippen LogP contribution is -2.59. The van der Waals surface area contributed by atoms with E-state index in [0.29, 0.717) is 37.1 Å². The number of rotatable bonds is 7. The Balaban J connectivity index is 0.000000192. The van der Waals surface area contributed by atoms with Crippen molar-refractivity contribution >= 4 is 40.3 Å². The standard InChI is InChI=1S/C31H37N7O4.C15H18F2N2O/c39-26-5-4-25(28(40)34-26)38-16-23-22(29(38)41)2-3-24-27(23)42-17-21-15-35(12-13-37(21)24)14-20-6-8-31(9-7-20)18-36(19-31)30-32-10-1-11-33-30;1-10-6-12-11-4-2-3-5-13(11)18-14(12)7-19(10)8-15(16,17)9-20/h1-3,10-11,20-21,25H,4-9,12-19H2,(H,34,39,40);2-5,10,18,20H,6-9H2,1H3. The molecule has 328 valence electrons. The van der Waals surface area contributed by atoms with Crippen LogP contribution in [-0.2, 0) is 29.1 Å². The highest BCUT2D eigenvalue weighted by atomic mass is 19.3. The Morgan fingerprint density at radius 1 is 0.952 bits per heavy atom. The van der Waals surface area contributed by atoms with Crippen LogP contribution in [-0.4, -0.2) is 136 Å². The molecule has 0 radical (unpaired) electrons. The first-order valence-corrected chi connectivity index (χ1v) is 22.2. The fourth-order valence-corrected chi connectivity index (χ4v) is 11.2.